The van der Waals surface area contributed by atoms with E-state index in [-0.39, 0.29) is 0 Å². The second-order valence-corrected chi connectivity index (χ2v) is 6.87. The van der Waals surface area contributed by atoms with Crippen molar-refractivity contribution in [1.29, 1.82) is 0 Å². The third kappa shape index (κ3) is 3.35. The summed E-state index contributed by atoms with van der Waals surface area (Å²) in [6, 6.07) is 14.9. The van der Waals surface area contributed by atoms with Gasteiger partial charge in [0.05, 0.1) is 0 Å². The van der Waals surface area contributed by atoms with Crippen LogP contribution in [0.1, 0.15) is 4.88 Å². The van der Waals surface area contributed by atoms with Crippen molar-refractivity contribution in [2.45, 2.75) is 6.42 Å². The molecule has 0 amide bonds. The molecule has 0 saturated carbocycles. The van der Waals surface area contributed by atoms with Crippen molar-refractivity contribution in [1.82, 2.24) is 0 Å². The van der Waals surface area contributed by atoms with E-state index in [2.05, 4.69) is 54.4 Å². The van der Waals surface area contributed by atoms with E-state index in [9.17, 15) is 0 Å². The summed E-state index contributed by atoms with van der Waals surface area (Å²) in [7, 11) is 0. The molecule has 0 aliphatic heterocycles. The summed E-state index contributed by atoms with van der Waals surface area (Å²) in [6.45, 7) is 4.16. The molecule has 0 aliphatic rings. The van der Waals surface area contributed by atoms with E-state index in [1.54, 1.807) is 0 Å². The van der Waals surface area contributed by atoms with Gasteiger partial charge < -0.3 is 0 Å². The summed E-state index contributed by atoms with van der Waals surface area (Å²) in [5.41, 5.74) is 0. The molecule has 0 bridgehead atoms. The number of thiophene rings is 1. The number of rotatable bonds is 4. The summed E-state index contributed by atoms with van der Waals surface area (Å²) in [5.74, 6) is 0. The standard InChI is InChI=1S/C13H12SSe/c1-11(10-12-6-5-9-14-12)15-13-7-3-2-4-8-13/h2-9H,1,10H2. The normalized spacial score (nSPS) is 10.1. The van der Waals surface area contributed by atoms with Crippen molar-refractivity contribution in [3.8, 4) is 0 Å². The topological polar surface area (TPSA) is 0 Å². The maximum atomic E-state index is 4.16. The molecule has 76 valence electrons. The molecule has 15 heavy (non-hydrogen) atoms. The molecule has 0 atom stereocenters. The van der Waals surface area contributed by atoms with Gasteiger partial charge in [0, 0.05) is 0 Å². The van der Waals surface area contributed by atoms with E-state index >= 15 is 0 Å². The fourth-order valence-electron chi connectivity index (χ4n) is 1.30. The van der Waals surface area contributed by atoms with Gasteiger partial charge in [0.25, 0.3) is 0 Å². The molecule has 1 aromatic carbocycles. The Morgan fingerprint density at radius 2 is 1.93 bits per heavy atom. The summed E-state index contributed by atoms with van der Waals surface area (Å²) >= 11 is 2.22. The summed E-state index contributed by atoms with van der Waals surface area (Å²) in [5, 5.41) is 2.12. The van der Waals surface area contributed by atoms with Crippen molar-refractivity contribution in [3.63, 3.8) is 0 Å². The molecule has 0 unspecified atom stereocenters. The van der Waals surface area contributed by atoms with E-state index in [0.29, 0.717) is 15.0 Å². The van der Waals surface area contributed by atoms with Crippen molar-refractivity contribution in [3.05, 3.63) is 63.8 Å². The first-order valence-electron chi connectivity index (χ1n) is 4.77. The van der Waals surface area contributed by atoms with E-state index in [1.807, 2.05) is 11.3 Å². The third-order valence-electron chi connectivity index (χ3n) is 1.96. The van der Waals surface area contributed by atoms with Crippen molar-refractivity contribution in [2.75, 3.05) is 0 Å². The molecule has 0 fully saturated rings. The van der Waals surface area contributed by atoms with Gasteiger partial charge in [-0.05, 0) is 0 Å². The zero-order chi connectivity index (χ0) is 10.5. The Morgan fingerprint density at radius 3 is 2.60 bits per heavy atom. The Morgan fingerprint density at radius 1 is 1.13 bits per heavy atom. The second kappa shape index (κ2) is 5.31. The van der Waals surface area contributed by atoms with Crippen LogP contribution in [0.4, 0.5) is 0 Å². The van der Waals surface area contributed by atoms with E-state index in [1.165, 1.54) is 13.8 Å². The van der Waals surface area contributed by atoms with Crippen LogP contribution in [0.25, 0.3) is 0 Å². The Balaban J connectivity index is 1.94. The number of benzene rings is 1. The van der Waals surface area contributed by atoms with E-state index in [4.69, 9.17) is 0 Å². The molecule has 1 heterocycles. The van der Waals surface area contributed by atoms with Crippen molar-refractivity contribution < 1.29 is 0 Å². The predicted octanol–water partition coefficient (Wildman–Crippen LogP) is 2.83. The summed E-state index contributed by atoms with van der Waals surface area (Å²) < 4.78 is 2.75. The van der Waals surface area contributed by atoms with Crippen LogP contribution in [0.15, 0.2) is 58.9 Å². The summed E-state index contributed by atoms with van der Waals surface area (Å²) in [4.78, 5) is 1.41. The van der Waals surface area contributed by atoms with Gasteiger partial charge in [-0.15, -0.1) is 0 Å². The van der Waals surface area contributed by atoms with Gasteiger partial charge in [-0.2, -0.15) is 0 Å². The zero-order valence-electron chi connectivity index (χ0n) is 8.35. The van der Waals surface area contributed by atoms with Crippen LogP contribution in [-0.2, 0) is 6.42 Å². The molecule has 2 heteroatoms. The number of hydrogen-bond donors (Lipinski definition) is 0. The van der Waals surface area contributed by atoms with Crippen LogP contribution < -0.4 is 4.46 Å². The van der Waals surface area contributed by atoms with Gasteiger partial charge in [-0.1, -0.05) is 0 Å². The molecule has 0 spiro atoms. The fourth-order valence-corrected chi connectivity index (χ4v) is 4.04. The van der Waals surface area contributed by atoms with E-state index in [0.717, 1.165) is 6.42 Å². The first kappa shape index (κ1) is 10.7. The molecule has 0 aliphatic carbocycles. The van der Waals surface area contributed by atoms with Gasteiger partial charge in [0.1, 0.15) is 0 Å². The fraction of sp³-hybridized carbons (Fsp3) is 0.0769. The Hall–Kier alpha value is -0.821. The predicted molar refractivity (Wildman–Crippen MR) is 69.0 cm³/mol. The Labute approximate surface area is 101 Å². The van der Waals surface area contributed by atoms with Crippen LogP contribution in [0.5, 0.6) is 0 Å². The zero-order valence-corrected chi connectivity index (χ0v) is 10.9. The molecule has 1 aromatic heterocycles. The maximum absolute atomic E-state index is 4.16. The molecular formula is C13H12SSe. The minimum absolute atomic E-state index is 0.408. The average molecular weight is 279 g/mol. The molecular weight excluding hydrogens is 267 g/mol. The second-order valence-electron chi connectivity index (χ2n) is 3.21. The molecule has 0 N–H and O–H groups in total. The van der Waals surface area contributed by atoms with Crippen molar-refractivity contribution in [2.24, 2.45) is 0 Å². The Bertz CT molecular complexity index is 417. The van der Waals surface area contributed by atoms with Gasteiger partial charge in [0.2, 0.25) is 0 Å². The van der Waals surface area contributed by atoms with Crippen LogP contribution in [-0.4, -0.2) is 15.0 Å². The van der Waals surface area contributed by atoms with Gasteiger partial charge in [-0.25, -0.2) is 0 Å². The summed E-state index contributed by atoms with van der Waals surface area (Å²) in [6.07, 6.45) is 1.03. The van der Waals surface area contributed by atoms with Crippen LogP contribution in [0.3, 0.4) is 0 Å². The Kier molecular flexibility index (Phi) is 3.79. The molecule has 2 aromatic rings. The number of hydrogen-bond acceptors (Lipinski definition) is 1. The van der Waals surface area contributed by atoms with Crippen LogP contribution in [0, 0.1) is 0 Å². The monoisotopic (exact) mass is 280 g/mol. The van der Waals surface area contributed by atoms with Crippen LogP contribution in [0.2, 0.25) is 0 Å². The first-order chi connectivity index (χ1) is 7.34. The van der Waals surface area contributed by atoms with Crippen LogP contribution >= 0.6 is 11.3 Å². The quantitative estimate of drug-likeness (QED) is 0.755. The minimum atomic E-state index is 0.408. The average Bonchev–Trinajstić information content (AvgIpc) is 2.71. The third-order valence-corrected chi connectivity index (χ3v) is 4.81. The number of allylic oxidation sites excluding steroid dienone is 1. The molecule has 0 nitrogen and oxygen atoms in total. The van der Waals surface area contributed by atoms with Gasteiger partial charge in [0.15, 0.2) is 0 Å². The van der Waals surface area contributed by atoms with Gasteiger partial charge >= 0.3 is 101 Å². The van der Waals surface area contributed by atoms with E-state index < -0.39 is 0 Å². The van der Waals surface area contributed by atoms with Gasteiger partial charge in [-0.3, -0.25) is 0 Å². The molecule has 2 rings (SSSR count). The SMILES string of the molecule is C=C(Cc1cccs1)[Se]c1ccccc1. The van der Waals surface area contributed by atoms with Crippen molar-refractivity contribution >= 4 is 30.8 Å². The first-order valence-corrected chi connectivity index (χ1v) is 7.37. The molecule has 0 radical (unpaired) electrons. The molecule has 0 saturated heterocycles.